The zero-order chi connectivity index (χ0) is 24.8. The average Bonchev–Trinajstić information content (AvgIpc) is 3.37. The van der Waals surface area contributed by atoms with Gasteiger partial charge in [0.05, 0.1) is 13.0 Å². The largest absolute Gasteiger partial charge is 0.497 e. The lowest BCUT2D eigenvalue weighted by Crippen LogP contribution is -2.52. The molecule has 1 N–H and O–H groups in total. The Hall–Kier alpha value is -3.02. The number of hydrogen-bond acceptors (Lipinski definition) is 7. The minimum atomic E-state index is -4.09. The molecule has 2 amide bonds. The molecule has 0 atom stereocenters. The number of piperidine rings is 1. The number of amides is 2. The van der Waals surface area contributed by atoms with Gasteiger partial charge in [-0.25, -0.2) is 4.79 Å². The molecule has 2 aliphatic rings. The van der Waals surface area contributed by atoms with Crippen LogP contribution in [0.2, 0.25) is 0 Å². The molecule has 0 bridgehead atoms. The van der Waals surface area contributed by atoms with E-state index in [1.54, 1.807) is 12.0 Å². The van der Waals surface area contributed by atoms with Crippen molar-refractivity contribution in [3.05, 3.63) is 24.3 Å². The van der Waals surface area contributed by atoms with Crippen LogP contribution in [-0.4, -0.2) is 91.6 Å². The van der Waals surface area contributed by atoms with Gasteiger partial charge in [-0.2, -0.15) is 18.2 Å². The maximum Gasteiger partial charge on any atom is 0.391 e. The number of nitrogens with one attached hydrogen (secondary N) is 1. The van der Waals surface area contributed by atoms with Crippen LogP contribution in [0.5, 0.6) is 5.75 Å². The Labute approximate surface area is 202 Å². The smallest absolute Gasteiger partial charge is 0.391 e. The van der Waals surface area contributed by atoms with Gasteiger partial charge in [-0.3, -0.25) is 0 Å². The number of ether oxygens (including phenoxy) is 1. The number of alkyl halides is 3. The number of carbonyl (C=O) groups is 1. The third kappa shape index (κ3) is 6.56. The highest BCUT2D eigenvalue weighted by Crippen LogP contribution is 2.34. The van der Waals surface area contributed by atoms with E-state index in [0.29, 0.717) is 70.6 Å². The van der Waals surface area contributed by atoms with E-state index in [1.165, 1.54) is 0 Å². The van der Waals surface area contributed by atoms with E-state index in [1.807, 2.05) is 34.1 Å². The van der Waals surface area contributed by atoms with Gasteiger partial charge in [0.2, 0.25) is 5.82 Å². The summed E-state index contributed by atoms with van der Waals surface area (Å²) in [7, 11) is 1.61. The maximum absolute atomic E-state index is 12.8. The molecule has 2 fully saturated rings. The van der Waals surface area contributed by atoms with Gasteiger partial charge in [0.1, 0.15) is 5.75 Å². The number of anilines is 1. The fourth-order valence-electron chi connectivity index (χ4n) is 4.40. The number of aromatic nitrogens is 2. The molecular formula is C23H31F3N6O3. The topological polar surface area (TPSA) is 87.0 Å². The number of nitrogens with zero attached hydrogens (tertiary/aromatic N) is 5. The number of benzene rings is 1. The third-order valence-electron chi connectivity index (χ3n) is 6.58. The van der Waals surface area contributed by atoms with Crippen molar-refractivity contribution in [1.82, 2.24) is 25.3 Å². The summed E-state index contributed by atoms with van der Waals surface area (Å²) in [4.78, 5) is 22.7. The minimum absolute atomic E-state index is 0.134. The second-order valence-electron chi connectivity index (χ2n) is 8.85. The number of likely N-dealkylation sites (tertiary alicyclic amines) is 1. The Bertz CT molecular complexity index is 952. The molecular weight excluding hydrogens is 465 g/mol. The van der Waals surface area contributed by atoms with E-state index in [2.05, 4.69) is 15.5 Å². The predicted octanol–water partition coefficient (Wildman–Crippen LogP) is 3.24. The van der Waals surface area contributed by atoms with E-state index in [4.69, 9.17) is 9.26 Å². The van der Waals surface area contributed by atoms with Gasteiger partial charge in [-0.15, -0.1) is 0 Å². The number of rotatable bonds is 7. The fraction of sp³-hybridized carbons (Fsp3) is 0.609. The van der Waals surface area contributed by atoms with Crippen molar-refractivity contribution in [3.8, 4) is 17.1 Å². The molecule has 0 aliphatic carbocycles. The van der Waals surface area contributed by atoms with Gasteiger partial charge >= 0.3 is 18.2 Å². The first-order chi connectivity index (χ1) is 16.8. The Kier molecular flexibility index (Phi) is 7.99. The van der Waals surface area contributed by atoms with Crippen LogP contribution in [-0.2, 0) is 0 Å². The molecule has 12 heteroatoms. The van der Waals surface area contributed by atoms with E-state index in [0.717, 1.165) is 11.3 Å². The lowest BCUT2D eigenvalue weighted by atomic mass is 9.96. The molecule has 192 valence electrons. The first kappa shape index (κ1) is 25.1. The molecule has 2 aromatic rings. The van der Waals surface area contributed by atoms with Crippen molar-refractivity contribution in [2.75, 3.05) is 64.4 Å². The van der Waals surface area contributed by atoms with Crippen molar-refractivity contribution < 1.29 is 27.2 Å². The lowest BCUT2D eigenvalue weighted by molar-refractivity contribution is -0.185. The highest BCUT2D eigenvalue weighted by molar-refractivity contribution is 5.74. The standard InChI is InChI=1S/C23H31F3N6O3/c1-34-19-5-3-17(4-6-19)20-28-22(35-29-20)32-15-13-31(14-16-32)21(33)27-9-2-10-30-11-7-18(8-12-30)23(24,25)26/h3-6,18H,2,7-16H2,1H3,(H,27,33). The van der Waals surface area contributed by atoms with Crippen molar-refractivity contribution in [2.45, 2.75) is 25.4 Å². The summed E-state index contributed by atoms with van der Waals surface area (Å²) in [6.07, 6.45) is -3.07. The second-order valence-corrected chi connectivity index (χ2v) is 8.85. The van der Waals surface area contributed by atoms with Crippen LogP contribution in [0.4, 0.5) is 24.0 Å². The predicted molar refractivity (Wildman–Crippen MR) is 123 cm³/mol. The molecule has 1 aromatic carbocycles. The van der Waals surface area contributed by atoms with Gasteiger partial charge in [0, 0.05) is 38.3 Å². The number of methoxy groups -OCH3 is 1. The zero-order valence-electron chi connectivity index (χ0n) is 19.8. The lowest BCUT2D eigenvalue weighted by Gasteiger charge is -2.34. The third-order valence-corrected chi connectivity index (χ3v) is 6.58. The van der Waals surface area contributed by atoms with Crippen LogP contribution < -0.4 is 15.0 Å². The van der Waals surface area contributed by atoms with Gasteiger partial charge in [0.15, 0.2) is 0 Å². The number of carbonyl (C=O) groups excluding carboxylic acids is 1. The highest BCUT2D eigenvalue weighted by Gasteiger charge is 2.40. The molecule has 0 saturated carbocycles. The summed E-state index contributed by atoms with van der Waals surface area (Å²) in [6.45, 7) is 4.29. The fourth-order valence-corrected chi connectivity index (χ4v) is 4.40. The summed E-state index contributed by atoms with van der Waals surface area (Å²) in [6, 6.07) is 7.67. The number of halogens is 3. The zero-order valence-corrected chi connectivity index (χ0v) is 19.8. The SMILES string of the molecule is COc1ccc(-c2noc(N3CCN(C(=O)NCCCN4CCC(C(F)(F)F)CC4)CC3)n2)cc1. The molecule has 0 radical (unpaired) electrons. The second kappa shape index (κ2) is 11.1. The quantitative estimate of drug-likeness (QED) is 0.589. The number of urea groups is 1. The molecule has 0 spiro atoms. The van der Waals surface area contributed by atoms with Crippen molar-refractivity contribution in [1.29, 1.82) is 0 Å². The van der Waals surface area contributed by atoms with Gasteiger partial charge in [-0.05, 0) is 63.2 Å². The first-order valence-electron chi connectivity index (χ1n) is 11.9. The highest BCUT2D eigenvalue weighted by atomic mass is 19.4. The van der Waals surface area contributed by atoms with Crippen LogP contribution in [0.15, 0.2) is 28.8 Å². The Balaban J connectivity index is 1.14. The molecule has 3 heterocycles. The molecule has 2 saturated heterocycles. The van der Waals surface area contributed by atoms with Gasteiger partial charge in [0.25, 0.3) is 0 Å². The molecule has 35 heavy (non-hydrogen) atoms. The van der Waals surface area contributed by atoms with Crippen LogP contribution in [0.1, 0.15) is 19.3 Å². The summed E-state index contributed by atoms with van der Waals surface area (Å²) in [5.74, 6) is 0.0567. The number of piperazine rings is 1. The Morgan fingerprint density at radius 2 is 1.80 bits per heavy atom. The molecule has 2 aliphatic heterocycles. The van der Waals surface area contributed by atoms with E-state index in [9.17, 15) is 18.0 Å². The van der Waals surface area contributed by atoms with E-state index >= 15 is 0 Å². The van der Waals surface area contributed by atoms with E-state index < -0.39 is 12.1 Å². The number of hydrogen-bond donors (Lipinski definition) is 1. The monoisotopic (exact) mass is 496 g/mol. The summed E-state index contributed by atoms with van der Waals surface area (Å²) in [5, 5.41) is 6.97. The minimum Gasteiger partial charge on any atom is -0.497 e. The summed E-state index contributed by atoms with van der Waals surface area (Å²) < 4.78 is 48.9. The molecule has 4 rings (SSSR count). The molecule has 1 aromatic heterocycles. The van der Waals surface area contributed by atoms with Crippen LogP contribution in [0, 0.1) is 5.92 Å². The molecule has 9 nitrogen and oxygen atoms in total. The summed E-state index contributed by atoms with van der Waals surface area (Å²) in [5.41, 5.74) is 0.823. The van der Waals surface area contributed by atoms with Crippen LogP contribution in [0.25, 0.3) is 11.4 Å². The Morgan fingerprint density at radius 1 is 1.11 bits per heavy atom. The Morgan fingerprint density at radius 3 is 2.43 bits per heavy atom. The van der Waals surface area contributed by atoms with Crippen LogP contribution in [0.3, 0.4) is 0 Å². The van der Waals surface area contributed by atoms with Crippen molar-refractivity contribution >= 4 is 12.0 Å². The summed E-state index contributed by atoms with van der Waals surface area (Å²) >= 11 is 0. The van der Waals surface area contributed by atoms with E-state index in [-0.39, 0.29) is 18.9 Å². The first-order valence-corrected chi connectivity index (χ1v) is 11.9. The van der Waals surface area contributed by atoms with Crippen molar-refractivity contribution in [2.24, 2.45) is 5.92 Å². The average molecular weight is 497 g/mol. The maximum atomic E-state index is 12.8. The van der Waals surface area contributed by atoms with Crippen molar-refractivity contribution in [3.63, 3.8) is 0 Å². The normalized spacial score (nSPS) is 18.1. The molecule has 0 unspecified atom stereocenters. The van der Waals surface area contributed by atoms with Gasteiger partial charge < -0.3 is 29.3 Å². The van der Waals surface area contributed by atoms with Crippen LogP contribution >= 0.6 is 0 Å². The van der Waals surface area contributed by atoms with Gasteiger partial charge in [-0.1, -0.05) is 5.16 Å².